The van der Waals surface area contributed by atoms with E-state index in [-0.39, 0.29) is 18.2 Å². The van der Waals surface area contributed by atoms with Gasteiger partial charge >= 0.3 is 5.97 Å². The highest BCUT2D eigenvalue weighted by Gasteiger charge is 2.34. The largest absolute Gasteiger partial charge is 0.465 e. The first-order valence-electron chi connectivity index (χ1n) is 14.8. The second-order valence-electron chi connectivity index (χ2n) is 11.4. The van der Waals surface area contributed by atoms with E-state index in [2.05, 4.69) is 68.8 Å². The summed E-state index contributed by atoms with van der Waals surface area (Å²) in [6, 6.07) is 24.4. The molecule has 1 saturated heterocycles. The zero-order valence-electron chi connectivity index (χ0n) is 24.6. The number of nitrogens with zero attached hydrogens (tertiary/aromatic N) is 4. The van der Waals surface area contributed by atoms with Gasteiger partial charge in [0.15, 0.2) is 5.65 Å². The number of aromatic nitrogens is 3. The van der Waals surface area contributed by atoms with E-state index in [1.54, 1.807) is 31.5 Å². The zero-order chi connectivity index (χ0) is 29.5. The second-order valence-corrected chi connectivity index (χ2v) is 11.4. The van der Waals surface area contributed by atoms with E-state index in [4.69, 9.17) is 9.47 Å². The van der Waals surface area contributed by atoms with Crippen molar-refractivity contribution in [1.82, 2.24) is 19.5 Å². The van der Waals surface area contributed by atoms with Crippen molar-refractivity contribution in [2.45, 2.75) is 57.3 Å². The standard InChI is InChI=1S/C33H41N5O4/c1-4-41-32(40)33(2,3)28-23-38-30(35-28)16-15-29(36-38)34-21-26(39)22-37-19-17-27(18-20-37)42-31(24-11-7-5-8-12-24)25-13-9-6-10-14-25/h5-16,23,26-27,31,39H,4,17-22H2,1-3H3,(H,34,36). The SMILES string of the molecule is CCOC(=O)C(C)(C)c1cn2nc(NCC(O)CN3CCC(OC(c4ccccc4)c4ccccc4)CC3)ccc2n1. The molecule has 5 rings (SSSR count). The maximum Gasteiger partial charge on any atom is 0.317 e. The van der Waals surface area contributed by atoms with E-state index in [0.29, 0.717) is 36.9 Å². The molecule has 1 fully saturated rings. The van der Waals surface area contributed by atoms with Crippen molar-refractivity contribution in [3.63, 3.8) is 0 Å². The number of esters is 1. The number of hydrogen-bond acceptors (Lipinski definition) is 8. The van der Waals surface area contributed by atoms with Gasteiger partial charge in [0.25, 0.3) is 0 Å². The number of benzene rings is 2. The van der Waals surface area contributed by atoms with E-state index in [1.165, 1.54) is 0 Å². The molecular weight excluding hydrogens is 530 g/mol. The number of piperidine rings is 1. The summed E-state index contributed by atoms with van der Waals surface area (Å²) in [4.78, 5) is 19.2. The number of aliphatic hydroxyl groups is 1. The quantitative estimate of drug-likeness (QED) is 0.238. The molecule has 9 nitrogen and oxygen atoms in total. The number of aliphatic hydroxyl groups excluding tert-OH is 1. The molecule has 0 amide bonds. The average molecular weight is 572 g/mol. The van der Waals surface area contributed by atoms with E-state index in [1.807, 2.05) is 24.3 Å². The lowest BCUT2D eigenvalue weighted by Crippen LogP contribution is -2.43. The van der Waals surface area contributed by atoms with Gasteiger partial charge in [-0.25, -0.2) is 9.50 Å². The van der Waals surface area contributed by atoms with Gasteiger partial charge in [0, 0.05) is 26.2 Å². The summed E-state index contributed by atoms with van der Waals surface area (Å²) < 4.78 is 13.5. The number of hydrogen-bond donors (Lipinski definition) is 2. The van der Waals surface area contributed by atoms with E-state index < -0.39 is 11.5 Å². The molecule has 0 spiro atoms. The van der Waals surface area contributed by atoms with Gasteiger partial charge in [0.05, 0.1) is 30.7 Å². The molecule has 2 aromatic carbocycles. The molecule has 0 saturated carbocycles. The molecule has 9 heteroatoms. The third kappa shape index (κ3) is 7.15. The summed E-state index contributed by atoms with van der Waals surface area (Å²) in [7, 11) is 0. The van der Waals surface area contributed by atoms with Crippen LogP contribution in [0.1, 0.15) is 56.5 Å². The van der Waals surface area contributed by atoms with Crippen LogP contribution in [0.2, 0.25) is 0 Å². The fraction of sp³-hybridized carbons (Fsp3) is 0.424. The third-order valence-corrected chi connectivity index (χ3v) is 7.80. The molecule has 0 bridgehead atoms. The number of rotatable bonds is 12. The van der Waals surface area contributed by atoms with Crippen molar-refractivity contribution in [2.24, 2.45) is 0 Å². The first kappa shape index (κ1) is 29.7. The summed E-state index contributed by atoms with van der Waals surface area (Å²) >= 11 is 0. The Morgan fingerprint density at radius 3 is 2.29 bits per heavy atom. The minimum absolute atomic E-state index is 0.0913. The van der Waals surface area contributed by atoms with Crippen molar-refractivity contribution in [3.8, 4) is 0 Å². The van der Waals surface area contributed by atoms with Crippen LogP contribution in [-0.2, 0) is 19.7 Å². The Labute approximate surface area is 247 Å². The van der Waals surface area contributed by atoms with Crippen molar-refractivity contribution in [2.75, 3.05) is 38.1 Å². The van der Waals surface area contributed by atoms with Crippen molar-refractivity contribution >= 4 is 17.4 Å². The first-order chi connectivity index (χ1) is 20.3. The number of β-amino-alcohol motifs (C(OH)–C–C–N with tert-alkyl or cyclic N) is 1. The fourth-order valence-corrected chi connectivity index (χ4v) is 5.30. The Hall–Kier alpha value is -3.79. The summed E-state index contributed by atoms with van der Waals surface area (Å²) in [6.45, 7) is 8.38. The van der Waals surface area contributed by atoms with Gasteiger partial charge in [-0.05, 0) is 56.9 Å². The number of likely N-dealkylation sites (tertiary alicyclic amines) is 1. The summed E-state index contributed by atoms with van der Waals surface area (Å²) in [6.07, 6.45) is 3.10. The zero-order valence-corrected chi connectivity index (χ0v) is 24.6. The summed E-state index contributed by atoms with van der Waals surface area (Å²) in [5.41, 5.74) is 2.68. The average Bonchev–Trinajstić information content (AvgIpc) is 3.45. The number of ether oxygens (including phenoxy) is 2. The van der Waals surface area contributed by atoms with Crippen LogP contribution in [0.25, 0.3) is 5.65 Å². The molecular formula is C33H41N5O4. The van der Waals surface area contributed by atoms with Crippen LogP contribution >= 0.6 is 0 Å². The van der Waals surface area contributed by atoms with Crippen LogP contribution in [0.15, 0.2) is 79.0 Å². The number of nitrogens with one attached hydrogen (secondary N) is 1. The van der Waals surface area contributed by atoms with Gasteiger partial charge in [-0.1, -0.05) is 60.7 Å². The Kier molecular flexibility index (Phi) is 9.51. The Morgan fingerprint density at radius 2 is 1.67 bits per heavy atom. The predicted molar refractivity (Wildman–Crippen MR) is 162 cm³/mol. The molecule has 4 aromatic rings. The van der Waals surface area contributed by atoms with Crippen LogP contribution in [0.4, 0.5) is 5.82 Å². The summed E-state index contributed by atoms with van der Waals surface area (Å²) in [5.74, 6) is 0.303. The third-order valence-electron chi connectivity index (χ3n) is 7.80. The number of fused-ring (bicyclic) bond motifs is 1. The highest BCUT2D eigenvalue weighted by Crippen LogP contribution is 2.30. The molecule has 1 aliphatic rings. The van der Waals surface area contributed by atoms with Gasteiger partial charge in [0.2, 0.25) is 0 Å². The number of carbonyl (C=O) groups excluding carboxylic acids is 1. The number of imidazole rings is 1. The molecule has 0 aliphatic carbocycles. The molecule has 2 aromatic heterocycles. The summed E-state index contributed by atoms with van der Waals surface area (Å²) in [5, 5.41) is 18.6. The first-order valence-corrected chi connectivity index (χ1v) is 14.8. The maximum absolute atomic E-state index is 12.4. The van der Waals surface area contributed by atoms with Gasteiger partial charge in [-0.15, -0.1) is 5.10 Å². The molecule has 1 atom stereocenters. The lowest BCUT2D eigenvalue weighted by atomic mass is 9.90. The highest BCUT2D eigenvalue weighted by atomic mass is 16.5. The topological polar surface area (TPSA) is 101 Å². The van der Waals surface area contributed by atoms with Crippen LogP contribution in [0.5, 0.6) is 0 Å². The molecule has 1 aliphatic heterocycles. The molecule has 0 radical (unpaired) electrons. The lowest BCUT2D eigenvalue weighted by Gasteiger charge is -2.35. The van der Waals surface area contributed by atoms with Crippen LogP contribution in [0, 0.1) is 0 Å². The second kappa shape index (κ2) is 13.5. The smallest absolute Gasteiger partial charge is 0.317 e. The monoisotopic (exact) mass is 571 g/mol. The van der Waals surface area contributed by atoms with Gasteiger partial charge < -0.3 is 24.8 Å². The van der Waals surface area contributed by atoms with Crippen LogP contribution in [0.3, 0.4) is 0 Å². The Balaban J connectivity index is 1.11. The molecule has 1 unspecified atom stereocenters. The van der Waals surface area contributed by atoms with E-state index >= 15 is 0 Å². The Bertz CT molecular complexity index is 1400. The van der Waals surface area contributed by atoms with Crippen molar-refractivity contribution < 1.29 is 19.4 Å². The van der Waals surface area contributed by atoms with Gasteiger partial charge in [-0.2, -0.15) is 0 Å². The number of carbonyl (C=O) groups is 1. The fourth-order valence-electron chi connectivity index (χ4n) is 5.30. The molecule has 42 heavy (non-hydrogen) atoms. The van der Waals surface area contributed by atoms with Crippen LogP contribution in [-0.4, -0.2) is 75.6 Å². The normalized spacial score (nSPS) is 15.6. The van der Waals surface area contributed by atoms with Crippen LogP contribution < -0.4 is 5.32 Å². The molecule has 2 N–H and O–H groups in total. The number of anilines is 1. The molecule has 3 heterocycles. The maximum atomic E-state index is 12.4. The van der Waals surface area contributed by atoms with Gasteiger partial charge in [-0.3, -0.25) is 4.79 Å². The van der Waals surface area contributed by atoms with Gasteiger partial charge in [0.1, 0.15) is 17.3 Å². The van der Waals surface area contributed by atoms with E-state index in [0.717, 1.165) is 37.1 Å². The predicted octanol–water partition coefficient (Wildman–Crippen LogP) is 4.61. The lowest BCUT2D eigenvalue weighted by molar-refractivity contribution is -0.148. The minimum atomic E-state index is -0.879. The minimum Gasteiger partial charge on any atom is -0.465 e. The molecule has 222 valence electrons. The highest BCUT2D eigenvalue weighted by molar-refractivity contribution is 5.81. The van der Waals surface area contributed by atoms with Crippen molar-refractivity contribution in [1.29, 1.82) is 0 Å². The van der Waals surface area contributed by atoms with Crippen molar-refractivity contribution in [3.05, 3.63) is 95.8 Å². The van der Waals surface area contributed by atoms with E-state index in [9.17, 15) is 9.90 Å². The Morgan fingerprint density at radius 1 is 1.02 bits per heavy atom.